The van der Waals surface area contributed by atoms with Gasteiger partial charge in [0.05, 0.1) is 12.2 Å². The maximum atomic E-state index is 5.92. The first-order chi connectivity index (χ1) is 9.28. The van der Waals surface area contributed by atoms with Crippen LogP contribution in [0.2, 0.25) is 0 Å². The first-order valence-electron chi connectivity index (χ1n) is 7.76. The summed E-state index contributed by atoms with van der Waals surface area (Å²) in [6.45, 7) is 2.19. The van der Waals surface area contributed by atoms with Crippen LogP contribution in [0.1, 0.15) is 49.1 Å². The zero-order valence-electron chi connectivity index (χ0n) is 11.6. The summed E-state index contributed by atoms with van der Waals surface area (Å²) in [4.78, 5) is 0. The second-order valence-electron chi connectivity index (χ2n) is 6.66. The lowest BCUT2D eigenvalue weighted by atomic mass is 9.75. The van der Waals surface area contributed by atoms with Crippen molar-refractivity contribution < 1.29 is 4.74 Å². The van der Waals surface area contributed by atoms with Crippen molar-refractivity contribution >= 4 is 0 Å². The van der Waals surface area contributed by atoms with E-state index in [9.17, 15) is 0 Å². The molecule has 3 fully saturated rings. The second-order valence-corrected chi connectivity index (χ2v) is 6.66. The fourth-order valence-corrected chi connectivity index (χ4v) is 4.07. The van der Waals surface area contributed by atoms with E-state index in [4.69, 9.17) is 4.74 Å². The second kappa shape index (κ2) is 4.60. The summed E-state index contributed by atoms with van der Waals surface area (Å²) in [5.41, 5.74) is 2.91. The van der Waals surface area contributed by atoms with E-state index in [0.29, 0.717) is 18.2 Å². The Balaban J connectivity index is 1.31. The molecule has 2 aliphatic heterocycles. The molecule has 102 valence electrons. The van der Waals surface area contributed by atoms with Crippen LogP contribution in [0.25, 0.3) is 0 Å². The van der Waals surface area contributed by atoms with E-state index in [1.165, 1.54) is 43.2 Å². The largest absolute Gasteiger partial charge is 0.373 e. The molecule has 2 nitrogen and oxygen atoms in total. The van der Waals surface area contributed by atoms with Gasteiger partial charge < -0.3 is 10.1 Å². The van der Waals surface area contributed by atoms with Crippen molar-refractivity contribution in [1.29, 1.82) is 0 Å². The molecule has 0 aromatic heterocycles. The van der Waals surface area contributed by atoms with Crippen molar-refractivity contribution in [2.75, 3.05) is 0 Å². The number of rotatable bonds is 3. The summed E-state index contributed by atoms with van der Waals surface area (Å²) in [6.07, 6.45) is 7.50. The Bertz CT molecular complexity index is 466. The van der Waals surface area contributed by atoms with Crippen molar-refractivity contribution in [3.8, 4) is 0 Å². The summed E-state index contributed by atoms with van der Waals surface area (Å²) in [5, 5.41) is 3.84. The molecule has 1 saturated carbocycles. The van der Waals surface area contributed by atoms with Crippen LogP contribution < -0.4 is 5.32 Å². The van der Waals surface area contributed by atoms with Gasteiger partial charge in [-0.15, -0.1) is 0 Å². The zero-order valence-corrected chi connectivity index (χ0v) is 11.6. The van der Waals surface area contributed by atoms with E-state index < -0.39 is 0 Å². The number of fused-ring (bicyclic) bond motifs is 2. The number of benzene rings is 1. The molecule has 4 rings (SSSR count). The van der Waals surface area contributed by atoms with Crippen LogP contribution in [0, 0.1) is 6.92 Å². The molecule has 0 amide bonds. The Morgan fingerprint density at radius 1 is 1.16 bits per heavy atom. The molecule has 1 N–H and O–H groups in total. The van der Waals surface area contributed by atoms with Gasteiger partial charge in [-0.3, -0.25) is 0 Å². The maximum Gasteiger partial charge on any atom is 0.0733 e. The van der Waals surface area contributed by atoms with E-state index in [2.05, 4.69) is 36.5 Å². The highest BCUT2D eigenvalue weighted by Crippen LogP contribution is 2.40. The van der Waals surface area contributed by atoms with Gasteiger partial charge in [0.15, 0.2) is 0 Å². The lowest BCUT2D eigenvalue weighted by Crippen LogP contribution is -2.49. The van der Waals surface area contributed by atoms with Crippen LogP contribution in [0.5, 0.6) is 0 Å². The van der Waals surface area contributed by atoms with Crippen LogP contribution in [0.15, 0.2) is 24.3 Å². The zero-order chi connectivity index (χ0) is 12.8. The van der Waals surface area contributed by atoms with Crippen molar-refractivity contribution in [3.63, 3.8) is 0 Å². The fourth-order valence-electron chi connectivity index (χ4n) is 4.07. The van der Waals surface area contributed by atoms with Gasteiger partial charge in [-0.05, 0) is 50.5 Å². The molecule has 2 heteroatoms. The van der Waals surface area contributed by atoms with E-state index in [1.54, 1.807) is 0 Å². The molecule has 3 aliphatic rings. The Hall–Kier alpha value is -0.860. The smallest absolute Gasteiger partial charge is 0.0733 e. The lowest BCUT2D eigenvalue weighted by Gasteiger charge is -2.39. The molecule has 0 radical (unpaired) electrons. The predicted octanol–water partition coefficient (Wildman–Crippen LogP) is 3.15. The van der Waals surface area contributed by atoms with Crippen LogP contribution in [0.4, 0.5) is 0 Å². The minimum atomic E-state index is 0.517. The molecule has 1 aromatic carbocycles. The topological polar surface area (TPSA) is 21.3 Å². The SMILES string of the molecule is Cc1cccc(C2CC(NC3CC4CCC3O4)C2)c1. The number of ether oxygens (including phenoxy) is 1. The third kappa shape index (κ3) is 2.21. The molecule has 0 spiro atoms. The van der Waals surface area contributed by atoms with Gasteiger partial charge in [-0.1, -0.05) is 29.8 Å². The maximum absolute atomic E-state index is 5.92. The average Bonchev–Trinajstić information content (AvgIpc) is 2.95. The summed E-state index contributed by atoms with van der Waals surface area (Å²) in [7, 11) is 0. The number of hydrogen-bond acceptors (Lipinski definition) is 2. The number of hydrogen-bond donors (Lipinski definition) is 1. The molecule has 2 bridgehead atoms. The quantitative estimate of drug-likeness (QED) is 0.898. The van der Waals surface area contributed by atoms with Crippen LogP contribution in [0.3, 0.4) is 0 Å². The van der Waals surface area contributed by atoms with E-state index in [1.807, 2.05) is 0 Å². The number of aryl methyl sites for hydroxylation is 1. The highest BCUT2D eigenvalue weighted by molar-refractivity contribution is 5.27. The van der Waals surface area contributed by atoms with E-state index in [0.717, 1.165) is 12.0 Å². The third-order valence-corrected chi connectivity index (χ3v) is 5.21. The monoisotopic (exact) mass is 257 g/mol. The summed E-state index contributed by atoms with van der Waals surface area (Å²) in [6, 6.07) is 10.4. The molecule has 3 unspecified atom stereocenters. The van der Waals surface area contributed by atoms with Crippen molar-refractivity contribution in [3.05, 3.63) is 35.4 Å². The van der Waals surface area contributed by atoms with Crippen LogP contribution in [-0.4, -0.2) is 24.3 Å². The summed E-state index contributed by atoms with van der Waals surface area (Å²) in [5.74, 6) is 0.775. The van der Waals surface area contributed by atoms with Gasteiger partial charge in [-0.2, -0.15) is 0 Å². The molecule has 3 atom stereocenters. The fraction of sp³-hybridized carbons (Fsp3) is 0.647. The molecular weight excluding hydrogens is 234 g/mol. The van der Waals surface area contributed by atoms with Gasteiger partial charge in [0.25, 0.3) is 0 Å². The first-order valence-corrected chi connectivity index (χ1v) is 7.76. The van der Waals surface area contributed by atoms with Crippen LogP contribution >= 0.6 is 0 Å². The van der Waals surface area contributed by atoms with Gasteiger partial charge in [0.2, 0.25) is 0 Å². The Labute approximate surface area is 115 Å². The van der Waals surface area contributed by atoms with Gasteiger partial charge in [-0.25, -0.2) is 0 Å². The summed E-state index contributed by atoms with van der Waals surface area (Å²) >= 11 is 0. The molecule has 1 aliphatic carbocycles. The average molecular weight is 257 g/mol. The highest BCUT2D eigenvalue weighted by atomic mass is 16.5. The van der Waals surface area contributed by atoms with Gasteiger partial charge >= 0.3 is 0 Å². The van der Waals surface area contributed by atoms with Gasteiger partial charge in [0, 0.05) is 12.1 Å². The standard InChI is InChI=1S/C17H23NO/c1-11-3-2-4-12(7-11)13-8-14(9-13)18-16-10-15-5-6-17(16)19-15/h2-4,7,13-18H,5-6,8-10H2,1H3. The minimum absolute atomic E-state index is 0.517. The molecule has 2 saturated heterocycles. The number of nitrogens with one attached hydrogen (secondary N) is 1. The van der Waals surface area contributed by atoms with Crippen LogP contribution in [-0.2, 0) is 4.74 Å². The molecule has 1 aromatic rings. The van der Waals surface area contributed by atoms with Crippen molar-refractivity contribution in [2.24, 2.45) is 0 Å². The van der Waals surface area contributed by atoms with E-state index in [-0.39, 0.29) is 0 Å². The lowest BCUT2D eigenvalue weighted by molar-refractivity contribution is 0.0931. The Morgan fingerprint density at radius 3 is 2.74 bits per heavy atom. The van der Waals surface area contributed by atoms with E-state index >= 15 is 0 Å². The normalized spacial score (nSPS) is 40.4. The predicted molar refractivity (Wildman–Crippen MR) is 76.4 cm³/mol. The first kappa shape index (κ1) is 11.9. The Morgan fingerprint density at radius 2 is 2.05 bits per heavy atom. The van der Waals surface area contributed by atoms with Crippen molar-refractivity contribution in [2.45, 2.75) is 69.2 Å². The highest BCUT2D eigenvalue weighted by Gasteiger charge is 2.43. The Kier molecular flexibility index (Phi) is 2.89. The summed E-state index contributed by atoms with van der Waals surface area (Å²) < 4.78 is 5.92. The minimum Gasteiger partial charge on any atom is -0.373 e. The van der Waals surface area contributed by atoms with Crippen molar-refractivity contribution in [1.82, 2.24) is 5.32 Å². The van der Waals surface area contributed by atoms with Gasteiger partial charge in [0.1, 0.15) is 0 Å². The molecule has 2 heterocycles. The third-order valence-electron chi connectivity index (χ3n) is 5.21. The molecular formula is C17H23NO. The molecule has 19 heavy (non-hydrogen) atoms.